The van der Waals surface area contributed by atoms with Crippen LogP contribution in [-0.4, -0.2) is 13.3 Å². The van der Waals surface area contributed by atoms with E-state index in [1.165, 1.54) is 0 Å². The standard InChI is InChI=1S/C10H13BrFNO.ClH/c1-2-14-10-4-3-7(11)5-8(10)9(13)6-12;/h3-5,9H,2,6,13H2,1H3;1H/t9-;/m1./s1. The third-order valence-electron chi connectivity index (χ3n) is 1.84. The number of hydrogen-bond donors (Lipinski definition) is 1. The highest BCUT2D eigenvalue weighted by Gasteiger charge is 2.12. The maximum absolute atomic E-state index is 12.4. The van der Waals surface area contributed by atoms with Gasteiger partial charge in [-0.2, -0.15) is 0 Å². The first kappa shape index (κ1) is 14.7. The Morgan fingerprint density at radius 3 is 2.73 bits per heavy atom. The van der Waals surface area contributed by atoms with Gasteiger partial charge in [-0.25, -0.2) is 4.39 Å². The van der Waals surface area contributed by atoms with Crippen molar-refractivity contribution in [1.29, 1.82) is 0 Å². The van der Waals surface area contributed by atoms with Crippen LogP contribution < -0.4 is 10.5 Å². The lowest BCUT2D eigenvalue weighted by Crippen LogP contribution is -2.13. The minimum Gasteiger partial charge on any atom is -0.494 e. The molecule has 0 aliphatic rings. The highest BCUT2D eigenvalue weighted by atomic mass is 79.9. The predicted octanol–water partition coefficient (Wildman–Crippen LogP) is 3.24. The molecule has 0 fully saturated rings. The molecule has 1 aromatic rings. The van der Waals surface area contributed by atoms with Crippen molar-refractivity contribution in [2.24, 2.45) is 5.73 Å². The van der Waals surface area contributed by atoms with Gasteiger partial charge in [0.1, 0.15) is 12.4 Å². The summed E-state index contributed by atoms with van der Waals surface area (Å²) < 4.78 is 18.7. The van der Waals surface area contributed by atoms with Gasteiger partial charge in [-0.3, -0.25) is 0 Å². The topological polar surface area (TPSA) is 35.2 Å². The summed E-state index contributed by atoms with van der Waals surface area (Å²) in [6.45, 7) is 1.84. The molecule has 0 radical (unpaired) electrons. The Morgan fingerprint density at radius 1 is 1.53 bits per heavy atom. The van der Waals surface area contributed by atoms with E-state index in [0.29, 0.717) is 17.9 Å². The average molecular weight is 299 g/mol. The number of benzene rings is 1. The highest BCUT2D eigenvalue weighted by Crippen LogP contribution is 2.27. The molecule has 0 spiro atoms. The van der Waals surface area contributed by atoms with Gasteiger partial charge in [0.15, 0.2) is 0 Å². The minimum absolute atomic E-state index is 0. The molecule has 0 unspecified atom stereocenters. The maximum Gasteiger partial charge on any atom is 0.124 e. The fourth-order valence-electron chi connectivity index (χ4n) is 1.18. The molecule has 0 saturated heterocycles. The molecule has 0 aliphatic carbocycles. The van der Waals surface area contributed by atoms with Crippen molar-refractivity contribution in [3.63, 3.8) is 0 Å². The smallest absolute Gasteiger partial charge is 0.124 e. The van der Waals surface area contributed by atoms with E-state index >= 15 is 0 Å². The van der Waals surface area contributed by atoms with Crippen LogP contribution in [0.3, 0.4) is 0 Å². The Hall–Kier alpha value is -0.320. The number of ether oxygens (including phenoxy) is 1. The van der Waals surface area contributed by atoms with Crippen molar-refractivity contribution in [3.05, 3.63) is 28.2 Å². The molecule has 0 aliphatic heterocycles. The molecule has 2 nitrogen and oxygen atoms in total. The Bertz CT molecular complexity index is 311. The third-order valence-corrected chi connectivity index (χ3v) is 2.33. The summed E-state index contributed by atoms with van der Waals surface area (Å²) >= 11 is 3.31. The number of halogens is 3. The molecule has 2 N–H and O–H groups in total. The van der Waals surface area contributed by atoms with E-state index in [2.05, 4.69) is 15.9 Å². The number of hydrogen-bond acceptors (Lipinski definition) is 2. The molecule has 0 bridgehead atoms. The first-order valence-corrected chi connectivity index (χ1v) is 5.22. The fourth-order valence-corrected chi connectivity index (χ4v) is 1.56. The highest BCUT2D eigenvalue weighted by molar-refractivity contribution is 9.10. The van der Waals surface area contributed by atoms with Crippen LogP contribution in [-0.2, 0) is 0 Å². The van der Waals surface area contributed by atoms with Gasteiger partial charge in [-0.1, -0.05) is 15.9 Å². The van der Waals surface area contributed by atoms with Gasteiger partial charge in [-0.15, -0.1) is 12.4 Å². The zero-order valence-electron chi connectivity index (χ0n) is 8.37. The molecule has 0 saturated carbocycles. The molecule has 0 aromatic heterocycles. The van der Waals surface area contributed by atoms with Crippen molar-refractivity contribution in [2.45, 2.75) is 13.0 Å². The van der Waals surface area contributed by atoms with Crippen molar-refractivity contribution in [3.8, 4) is 5.75 Å². The molecule has 15 heavy (non-hydrogen) atoms. The Labute approximate surface area is 104 Å². The van der Waals surface area contributed by atoms with Crippen LogP contribution in [0.1, 0.15) is 18.5 Å². The van der Waals surface area contributed by atoms with Gasteiger partial charge in [0.05, 0.1) is 12.6 Å². The van der Waals surface area contributed by atoms with Crippen LogP contribution in [0, 0.1) is 0 Å². The molecule has 1 atom stereocenters. The fraction of sp³-hybridized carbons (Fsp3) is 0.400. The normalized spacial score (nSPS) is 11.7. The Morgan fingerprint density at radius 2 is 2.20 bits per heavy atom. The maximum atomic E-state index is 12.4. The van der Waals surface area contributed by atoms with Gasteiger partial charge in [0.2, 0.25) is 0 Å². The monoisotopic (exact) mass is 297 g/mol. The number of nitrogens with two attached hydrogens (primary N) is 1. The van der Waals surface area contributed by atoms with Gasteiger partial charge < -0.3 is 10.5 Å². The van der Waals surface area contributed by atoms with Crippen LogP contribution in [0.2, 0.25) is 0 Å². The quantitative estimate of drug-likeness (QED) is 0.926. The van der Waals surface area contributed by atoms with E-state index in [0.717, 1.165) is 4.47 Å². The number of alkyl halides is 1. The SMILES string of the molecule is CCOc1ccc(Br)cc1[C@H](N)CF.Cl. The van der Waals surface area contributed by atoms with Crippen LogP contribution in [0.25, 0.3) is 0 Å². The van der Waals surface area contributed by atoms with Crippen LogP contribution in [0.4, 0.5) is 4.39 Å². The minimum atomic E-state index is -0.617. The number of rotatable bonds is 4. The van der Waals surface area contributed by atoms with Crippen LogP contribution in [0.15, 0.2) is 22.7 Å². The first-order valence-electron chi connectivity index (χ1n) is 4.42. The average Bonchev–Trinajstić information content (AvgIpc) is 2.20. The van der Waals surface area contributed by atoms with Crippen LogP contribution >= 0.6 is 28.3 Å². The summed E-state index contributed by atoms with van der Waals surface area (Å²) in [5.74, 6) is 0.654. The summed E-state index contributed by atoms with van der Waals surface area (Å²) in [4.78, 5) is 0. The lowest BCUT2D eigenvalue weighted by atomic mass is 10.1. The zero-order valence-corrected chi connectivity index (χ0v) is 10.8. The van der Waals surface area contributed by atoms with Gasteiger partial charge in [0, 0.05) is 10.0 Å². The molecular formula is C10H14BrClFNO. The third kappa shape index (κ3) is 3.97. The molecule has 86 valence electrons. The van der Waals surface area contributed by atoms with Crippen molar-refractivity contribution >= 4 is 28.3 Å². The van der Waals surface area contributed by atoms with E-state index in [1.807, 2.05) is 13.0 Å². The van der Waals surface area contributed by atoms with E-state index in [1.54, 1.807) is 12.1 Å². The molecule has 0 amide bonds. The summed E-state index contributed by atoms with van der Waals surface area (Å²) in [6, 6.07) is 4.81. The van der Waals surface area contributed by atoms with E-state index in [-0.39, 0.29) is 12.4 Å². The Balaban J connectivity index is 0.00000196. The molecule has 1 rings (SSSR count). The summed E-state index contributed by atoms with van der Waals surface area (Å²) in [6.07, 6.45) is 0. The van der Waals surface area contributed by atoms with Crippen LogP contribution in [0.5, 0.6) is 5.75 Å². The van der Waals surface area contributed by atoms with Gasteiger partial charge in [-0.05, 0) is 25.1 Å². The Kier molecular flexibility index (Phi) is 6.89. The second-order valence-electron chi connectivity index (χ2n) is 2.88. The first-order chi connectivity index (χ1) is 6.69. The zero-order chi connectivity index (χ0) is 10.6. The second kappa shape index (κ2) is 7.04. The lowest BCUT2D eigenvalue weighted by molar-refractivity contribution is 0.329. The van der Waals surface area contributed by atoms with E-state index in [4.69, 9.17) is 10.5 Å². The van der Waals surface area contributed by atoms with Gasteiger partial charge >= 0.3 is 0 Å². The lowest BCUT2D eigenvalue weighted by Gasteiger charge is -2.14. The predicted molar refractivity (Wildman–Crippen MR) is 65.5 cm³/mol. The van der Waals surface area contributed by atoms with Crippen molar-refractivity contribution < 1.29 is 9.13 Å². The van der Waals surface area contributed by atoms with Gasteiger partial charge in [0.25, 0.3) is 0 Å². The van der Waals surface area contributed by atoms with E-state index < -0.39 is 12.7 Å². The summed E-state index contributed by atoms with van der Waals surface area (Å²) in [5, 5.41) is 0. The molecule has 5 heteroatoms. The second-order valence-corrected chi connectivity index (χ2v) is 3.79. The molecular weight excluding hydrogens is 284 g/mol. The van der Waals surface area contributed by atoms with Crippen molar-refractivity contribution in [1.82, 2.24) is 0 Å². The van der Waals surface area contributed by atoms with Crippen molar-refractivity contribution in [2.75, 3.05) is 13.3 Å². The van der Waals surface area contributed by atoms with E-state index in [9.17, 15) is 4.39 Å². The molecule has 1 aromatic carbocycles. The molecule has 0 heterocycles. The largest absolute Gasteiger partial charge is 0.494 e. The summed E-state index contributed by atoms with van der Waals surface area (Å²) in [7, 11) is 0. The summed E-state index contributed by atoms with van der Waals surface area (Å²) in [5.41, 5.74) is 6.32.